The number of hydrogen-bond acceptors (Lipinski definition) is 4. The van der Waals surface area contributed by atoms with Gasteiger partial charge in [-0.2, -0.15) is 18.3 Å². The molecule has 32 heavy (non-hydrogen) atoms. The Kier molecular flexibility index (Phi) is 5.33. The summed E-state index contributed by atoms with van der Waals surface area (Å²) in [5, 5.41) is 6.60. The summed E-state index contributed by atoms with van der Waals surface area (Å²) in [5.41, 5.74) is 1.62. The molecule has 0 unspecified atom stereocenters. The van der Waals surface area contributed by atoms with Gasteiger partial charge in [0.2, 0.25) is 0 Å². The van der Waals surface area contributed by atoms with E-state index >= 15 is 0 Å². The maximum atomic E-state index is 13.8. The normalized spacial score (nSPS) is 11.6. The monoisotopic (exact) mass is 440 g/mol. The molecule has 0 aliphatic carbocycles. The highest BCUT2D eigenvalue weighted by molar-refractivity contribution is 6.04. The molecule has 0 radical (unpaired) electrons. The number of nitrogens with one attached hydrogen (secondary N) is 1. The number of aryl methyl sites for hydroxylation is 2. The smallest absolute Gasteiger partial charge is 0.433 e. The van der Waals surface area contributed by atoms with Gasteiger partial charge in [-0.15, -0.1) is 0 Å². The zero-order valence-electron chi connectivity index (χ0n) is 17.5. The molecule has 9 heteroatoms. The Morgan fingerprint density at radius 2 is 1.75 bits per heavy atom. The second kappa shape index (κ2) is 7.99. The van der Waals surface area contributed by atoms with E-state index < -0.39 is 17.8 Å². The summed E-state index contributed by atoms with van der Waals surface area (Å²) in [4.78, 5) is 17.0. The summed E-state index contributed by atoms with van der Waals surface area (Å²) >= 11 is 0. The van der Waals surface area contributed by atoms with E-state index in [1.54, 1.807) is 30.3 Å². The van der Waals surface area contributed by atoms with E-state index in [1.165, 1.54) is 13.2 Å². The Bertz CT molecular complexity index is 1310. The number of alkyl halides is 3. The predicted octanol–water partition coefficient (Wildman–Crippen LogP) is 5.29. The summed E-state index contributed by atoms with van der Waals surface area (Å²) in [6, 6.07) is 14.2. The van der Waals surface area contributed by atoms with E-state index in [1.807, 2.05) is 26.0 Å². The largest absolute Gasteiger partial charge is 0.497 e. The molecule has 0 saturated carbocycles. The van der Waals surface area contributed by atoms with Crippen LogP contribution < -0.4 is 10.1 Å². The summed E-state index contributed by atoms with van der Waals surface area (Å²) in [7, 11) is 1.50. The van der Waals surface area contributed by atoms with Crippen molar-refractivity contribution in [2.75, 3.05) is 12.4 Å². The van der Waals surface area contributed by atoms with Gasteiger partial charge in [0.15, 0.2) is 17.0 Å². The van der Waals surface area contributed by atoms with E-state index in [0.29, 0.717) is 21.5 Å². The lowest BCUT2D eigenvalue weighted by molar-refractivity contribution is -0.142. The number of aromatic nitrogens is 3. The third kappa shape index (κ3) is 4.14. The van der Waals surface area contributed by atoms with Gasteiger partial charge in [-0.3, -0.25) is 4.79 Å². The number of carbonyl (C=O) groups excluding carboxylic acids is 1. The second-order valence-corrected chi connectivity index (χ2v) is 7.32. The highest BCUT2D eigenvalue weighted by Crippen LogP contribution is 2.33. The Morgan fingerprint density at radius 1 is 1.03 bits per heavy atom. The van der Waals surface area contributed by atoms with Crippen LogP contribution in [0.3, 0.4) is 0 Å². The third-order valence-electron chi connectivity index (χ3n) is 4.98. The Labute approximate surface area is 181 Å². The first-order valence-corrected chi connectivity index (χ1v) is 9.67. The molecule has 4 rings (SSSR count). The molecule has 0 aliphatic rings. The molecule has 0 bridgehead atoms. The molecule has 2 aromatic carbocycles. The van der Waals surface area contributed by atoms with E-state index in [9.17, 15) is 18.0 Å². The first-order valence-electron chi connectivity index (χ1n) is 9.67. The third-order valence-corrected chi connectivity index (χ3v) is 4.98. The molecular formula is C23H19F3N4O2. The lowest BCUT2D eigenvalue weighted by Crippen LogP contribution is -2.16. The number of nitrogens with zero attached hydrogens (tertiary/aromatic N) is 3. The highest BCUT2D eigenvalue weighted by Gasteiger charge is 2.35. The summed E-state index contributed by atoms with van der Waals surface area (Å²) in [6.45, 7) is 3.70. The van der Waals surface area contributed by atoms with E-state index in [4.69, 9.17) is 4.74 Å². The van der Waals surface area contributed by atoms with E-state index in [0.717, 1.165) is 17.2 Å². The first-order chi connectivity index (χ1) is 15.2. The average molecular weight is 440 g/mol. The van der Waals surface area contributed by atoms with Crippen molar-refractivity contribution < 1.29 is 22.7 Å². The Hall–Kier alpha value is -3.88. The van der Waals surface area contributed by atoms with Crippen molar-refractivity contribution in [2.45, 2.75) is 20.0 Å². The minimum Gasteiger partial charge on any atom is -0.497 e. The number of ether oxygens (including phenoxy) is 1. The van der Waals surface area contributed by atoms with E-state index in [2.05, 4.69) is 15.4 Å². The first kappa shape index (κ1) is 21.4. The molecule has 2 heterocycles. The van der Waals surface area contributed by atoms with Crippen LogP contribution in [0.4, 0.5) is 18.9 Å². The molecule has 0 saturated heterocycles. The van der Waals surface area contributed by atoms with Crippen LogP contribution in [0.2, 0.25) is 0 Å². The van der Waals surface area contributed by atoms with Crippen molar-refractivity contribution >= 4 is 17.2 Å². The summed E-state index contributed by atoms with van der Waals surface area (Å²) in [5.74, 6) is -0.0519. The van der Waals surface area contributed by atoms with Crippen molar-refractivity contribution in [1.82, 2.24) is 14.6 Å². The Morgan fingerprint density at radius 3 is 2.41 bits per heavy atom. The van der Waals surface area contributed by atoms with Crippen molar-refractivity contribution in [3.63, 3.8) is 0 Å². The van der Waals surface area contributed by atoms with Gasteiger partial charge in [-0.25, -0.2) is 9.50 Å². The van der Waals surface area contributed by atoms with Crippen LogP contribution in [0.25, 0.3) is 16.9 Å². The van der Waals surface area contributed by atoms with Crippen LogP contribution in [0, 0.1) is 13.8 Å². The number of carbonyl (C=O) groups is 1. The molecule has 4 aromatic rings. The van der Waals surface area contributed by atoms with Crippen molar-refractivity contribution in [3.05, 3.63) is 77.1 Å². The summed E-state index contributed by atoms with van der Waals surface area (Å²) in [6.07, 6.45) is -4.70. The summed E-state index contributed by atoms with van der Waals surface area (Å²) < 4.78 is 47.1. The van der Waals surface area contributed by atoms with Crippen molar-refractivity contribution in [1.29, 1.82) is 0 Å². The van der Waals surface area contributed by atoms with Crippen LogP contribution >= 0.6 is 0 Å². The molecule has 164 valence electrons. The van der Waals surface area contributed by atoms with Gasteiger partial charge >= 0.3 is 6.18 Å². The van der Waals surface area contributed by atoms with Crippen molar-refractivity contribution in [3.8, 4) is 17.0 Å². The maximum Gasteiger partial charge on any atom is 0.433 e. The standard InChI is InChI=1S/C23H19F3N4O2/c1-13-4-5-14(2)17(10-13)28-22(31)19-12-21-27-18(15-6-8-16(32-3)9-7-15)11-20(23(24,25)26)30(21)29-19/h4-12H,1-3H3,(H,28,31). The average Bonchev–Trinajstić information content (AvgIpc) is 3.19. The van der Waals surface area contributed by atoms with Crippen LogP contribution in [-0.4, -0.2) is 27.6 Å². The highest BCUT2D eigenvalue weighted by atomic mass is 19.4. The molecule has 0 aliphatic heterocycles. The van der Waals surface area contributed by atoms with Crippen LogP contribution in [-0.2, 0) is 6.18 Å². The van der Waals surface area contributed by atoms with Crippen LogP contribution in [0.1, 0.15) is 27.3 Å². The fourth-order valence-corrected chi connectivity index (χ4v) is 3.25. The van der Waals surface area contributed by atoms with Gasteiger partial charge < -0.3 is 10.1 Å². The molecule has 0 fully saturated rings. The van der Waals surface area contributed by atoms with Gasteiger partial charge in [-0.05, 0) is 61.4 Å². The number of hydrogen-bond donors (Lipinski definition) is 1. The molecular weight excluding hydrogens is 421 g/mol. The van der Waals surface area contributed by atoms with Gasteiger partial charge in [-0.1, -0.05) is 12.1 Å². The number of rotatable bonds is 4. The second-order valence-electron chi connectivity index (χ2n) is 7.32. The molecule has 2 aromatic heterocycles. The minimum atomic E-state index is -4.70. The Balaban J connectivity index is 1.77. The SMILES string of the molecule is COc1ccc(-c2cc(C(F)(F)F)n3nc(C(=O)Nc4cc(C)ccc4C)cc3n2)cc1. The molecule has 0 atom stereocenters. The van der Waals surface area contributed by atoms with Crippen LogP contribution in [0.15, 0.2) is 54.6 Å². The number of fused-ring (bicyclic) bond motifs is 1. The number of benzene rings is 2. The quantitative estimate of drug-likeness (QED) is 0.468. The van der Waals surface area contributed by atoms with Gasteiger partial charge in [0.25, 0.3) is 5.91 Å². The maximum absolute atomic E-state index is 13.8. The van der Waals surface area contributed by atoms with Gasteiger partial charge in [0.05, 0.1) is 12.8 Å². The predicted molar refractivity (Wildman–Crippen MR) is 114 cm³/mol. The zero-order chi connectivity index (χ0) is 23.0. The molecule has 1 N–H and O–H groups in total. The lowest BCUT2D eigenvalue weighted by Gasteiger charge is -2.11. The number of methoxy groups -OCH3 is 1. The number of halogens is 3. The number of amides is 1. The lowest BCUT2D eigenvalue weighted by atomic mass is 10.1. The minimum absolute atomic E-state index is 0.0863. The van der Waals surface area contributed by atoms with Crippen molar-refractivity contribution in [2.24, 2.45) is 0 Å². The topological polar surface area (TPSA) is 68.5 Å². The van der Waals surface area contributed by atoms with Crippen LogP contribution in [0.5, 0.6) is 5.75 Å². The zero-order valence-corrected chi connectivity index (χ0v) is 17.5. The van der Waals surface area contributed by atoms with Gasteiger partial charge in [0, 0.05) is 17.3 Å². The molecule has 1 amide bonds. The van der Waals surface area contributed by atoms with Gasteiger partial charge in [0.1, 0.15) is 5.75 Å². The fourth-order valence-electron chi connectivity index (χ4n) is 3.25. The number of anilines is 1. The molecule has 6 nitrogen and oxygen atoms in total. The van der Waals surface area contributed by atoms with E-state index in [-0.39, 0.29) is 17.0 Å². The molecule has 0 spiro atoms. The fraction of sp³-hybridized carbons (Fsp3) is 0.174.